The Labute approximate surface area is 290 Å². The van der Waals surface area contributed by atoms with E-state index in [0.29, 0.717) is 67.1 Å². The van der Waals surface area contributed by atoms with E-state index in [9.17, 15) is 24.3 Å². The number of urea groups is 1. The van der Waals surface area contributed by atoms with Crippen molar-refractivity contribution in [1.82, 2.24) is 15.1 Å². The van der Waals surface area contributed by atoms with Gasteiger partial charge in [0.1, 0.15) is 11.9 Å². The van der Waals surface area contributed by atoms with Crippen molar-refractivity contribution >= 4 is 40.8 Å². The summed E-state index contributed by atoms with van der Waals surface area (Å²) in [5, 5.41) is 18.9. The molecule has 0 spiro atoms. The number of nitrogen functional groups attached to an aromatic ring is 1. The van der Waals surface area contributed by atoms with Gasteiger partial charge in [-0.15, -0.1) is 0 Å². The Morgan fingerprint density at radius 2 is 1.71 bits per heavy atom. The number of hydrogen-bond donors (Lipinski definition) is 5. The zero-order chi connectivity index (χ0) is 35.3. The third-order valence-electron chi connectivity index (χ3n) is 9.48. The molecule has 2 aliphatic rings. The number of carbonyl (C=O) groups excluding carboxylic acids is 4. The molecule has 1 fully saturated rings. The molecule has 12 heteroatoms. The maximum atomic E-state index is 13.6. The predicted octanol–water partition coefficient (Wildman–Crippen LogP) is 4.92. The zero-order valence-electron chi connectivity index (χ0n) is 29.2. The first-order valence-corrected chi connectivity index (χ1v) is 17.7. The first-order valence-electron chi connectivity index (χ1n) is 17.7. The molecule has 0 aromatic heterocycles. The van der Waals surface area contributed by atoms with Crippen molar-refractivity contribution in [2.75, 3.05) is 43.1 Å². The number of likely N-dealkylation sites (N-methyl/N-ethyl adjacent to an activating group) is 1. The van der Waals surface area contributed by atoms with Crippen molar-refractivity contribution in [2.24, 2.45) is 5.92 Å². The highest BCUT2D eigenvalue weighted by Gasteiger charge is 2.32. The van der Waals surface area contributed by atoms with E-state index in [-0.39, 0.29) is 55.2 Å². The van der Waals surface area contributed by atoms with Crippen LogP contribution in [0, 0.1) is 5.92 Å². The average molecular weight is 679 g/mol. The van der Waals surface area contributed by atoms with Crippen LogP contribution >= 0.6 is 0 Å². The fourth-order valence-corrected chi connectivity index (χ4v) is 6.40. The zero-order valence-corrected chi connectivity index (χ0v) is 29.2. The number of ether oxygens (including phenoxy) is 1. The van der Waals surface area contributed by atoms with E-state index in [1.807, 2.05) is 26.0 Å². The molecular weight excluding hydrogens is 624 g/mol. The number of carbonyl (C=O) groups is 4. The van der Waals surface area contributed by atoms with Crippen LogP contribution in [0.5, 0.6) is 5.75 Å². The quantitative estimate of drug-likeness (QED) is 0.148. The molecule has 1 aliphatic carbocycles. The Kier molecular flexibility index (Phi) is 14.1. The molecule has 1 saturated carbocycles. The van der Waals surface area contributed by atoms with E-state index in [1.54, 1.807) is 47.2 Å². The first-order chi connectivity index (χ1) is 23.5. The van der Waals surface area contributed by atoms with Gasteiger partial charge in [-0.05, 0) is 62.9 Å². The van der Waals surface area contributed by atoms with Gasteiger partial charge in [0.2, 0.25) is 17.7 Å². The van der Waals surface area contributed by atoms with E-state index in [0.717, 1.165) is 25.7 Å². The van der Waals surface area contributed by atoms with Gasteiger partial charge in [-0.2, -0.15) is 0 Å². The largest absolute Gasteiger partial charge is 0.488 e. The molecule has 3 atom stereocenters. The number of anilines is 3. The summed E-state index contributed by atoms with van der Waals surface area (Å²) in [6.07, 6.45) is 7.64. The predicted molar refractivity (Wildman–Crippen MR) is 191 cm³/mol. The van der Waals surface area contributed by atoms with Gasteiger partial charge in [0.05, 0.1) is 37.0 Å². The Bertz CT molecular complexity index is 1430. The van der Waals surface area contributed by atoms with Gasteiger partial charge >= 0.3 is 6.03 Å². The Morgan fingerprint density at radius 3 is 2.41 bits per heavy atom. The molecule has 1 heterocycles. The number of aliphatic hydroxyl groups excluding tert-OH is 1. The summed E-state index contributed by atoms with van der Waals surface area (Å²) in [4.78, 5) is 55.1. The van der Waals surface area contributed by atoms with Crippen LogP contribution < -0.4 is 26.4 Å². The van der Waals surface area contributed by atoms with Crippen LogP contribution in [0.15, 0.2) is 42.5 Å². The molecule has 0 radical (unpaired) electrons. The number of nitrogens with zero attached hydrogens (tertiary/aromatic N) is 2. The third kappa shape index (κ3) is 11.4. The van der Waals surface area contributed by atoms with E-state index in [4.69, 9.17) is 10.5 Å². The normalized spacial score (nSPS) is 18.9. The summed E-state index contributed by atoms with van der Waals surface area (Å²) in [5.41, 5.74) is 8.17. The summed E-state index contributed by atoms with van der Waals surface area (Å²) in [5.74, 6) is -0.0446. The van der Waals surface area contributed by atoms with E-state index < -0.39 is 12.1 Å². The van der Waals surface area contributed by atoms with Gasteiger partial charge in [0, 0.05) is 49.6 Å². The van der Waals surface area contributed by atoms with Gasteiger partial charge < -0.3 is 41.3 Å². The van der Waals surface area contributed by atoms with Crippen LogP contribution in [-0.4, -0.2) is 83.6 Å². The number of amides is 5. The minimum Gasteiger partial charge on any atom is -0.488 e. The van der Waals surface area contributed by atoms with Crippen LogP contribution in [0.4, 0.5) is 21.9 Å². The van der Waals surface area contributed by atoms with Gasteiger partial charge in [0.25, 0.3) is 0 Å². The molecule has 5 amide bonds. The molecule has 0 saturated heterocycles. The van der Waals surface area contributed by atoms with Crippen molar-refractivity contribution in [3.8, 4) is 5.75 Å². The lowest BCUT2D eigenvalue weighted by Crippen LogP contribution is -2.50. The minimum atomic E-state index is -0.423. The second-order valence-corrected chi connectivity index (χ2v) is 13.6. The number of nitrogens with one attached hydrogen (secondary N) is 3. The van der Waals surface area contributed by atoms with Gasteiger partial charge in [-0.3, -0.25) is 14.4 Å². The first kappa shape index (κ1) is 37.5. The summed E-state index contributed by atoms with van der Waals surface area (Å²) in [6, 6.07) is 12.0. The second-order valence-electron chi connectivity index (χ2n) is 13.6. The average Bonchev–Trinajstić information content (AvgIpc) is 3.12. The van der Waals surface area contributed by atoms with Crippen LogP contribution in [0.3, 0.4) is 0 Å². The fraction of sp³-hybridized carbons (Fsp3) is 0.568. The number of unbranched alkanes of at least 4 members (excludes halogenated alkanes) is 2. The summed E-state index contributed by atoms with van der Waals surface area (Å²) in [7, 11) is 1.76. The lowest BCUT2D eigenvalue weighted by atomic mass is 9.96. The van der Waals surface area contributed by atoms with Crippen LogP contribution in [0.1, 0.15) is 83.6 Å². The molecule has 268 valence electrons. The van der Waals surface area contributed by atoms with Crippen molar-refractivity contribution < 1.29 is 29.0 Å². The van der Waals surface area contributed by atoms with Crippen molar-refractivity contribution in [2.45, 2.75) is 103 Å². The maximum Gasteiger partial charge on any atom is 0.317 e. The standard InChI is InChI=1S/C37H54N6O6/c1-25-22-43(26(2)24-44)36(47)21-27-20-29(39-34(45)16-8-5-9-17-35(46)41-31-15-11-10-14-30(31)38)18-19-32(27)49-33(25)23-42(3)37(48)40-28-12-6-4-7-13-28/h10-11,14-15,18-20,25-26,28,33,44H,4-9,12-13,16-17,21-24,38H2,1-3H3,(H,39,45)(H,40,48)(H,41,46)/t25-,26-,33+/m1/s1. The maximum absolute atomic E-state index is 13.6. The molecular formula is C37H54N6O6. The number of para-hydroxylation sites is 2. The highest BCUT2D eigenvalue weighted by atomic mass is 16.5. The highest BCUT2D eigenvalue weighted by molar-refractivity contribution is 5.94. The topological polar surface area (TPSA) is 166 Å². The third-order valence-corrected chi connectivity index (χ3v) is 9.48. The summed E-state index contributed by atoms with van der Waals surface area (Å²) < 4.78 is 6.55. The molecule has 1 aliphatic heterocycles. The van der Waals surface area contributed by atoms with Gasteiger partial charge in [0.15, 0.2) is 0 Å². The minimum absolute atomic E-state index is 0.0392. The van der Waals surface area contributed by atoms with Crippen LogP contribution in [-0.2, 0) is 20.8 Å². The van der Waals surface area contributed by atoms with Gasteiger partial charge in [-0.25, -0.2) is 4.79 Å². The number of aliphatic hydroxyl groups is 1. The lowest BCUT2D eigenvalue weighted by Gasteiger charge is -2.34. The molecule has 49 heavy (non-hydrogen) atoms. The van der Waals surface area contributed by atoms with Crippen LogP contribution in [0.2, 0.25) is 0 Å². The molecule has 12 nitrogen and oxygen atoms in total. The number of nitrogens with two attached hydrogens (primary N) is 1. The molecule has 4 rings (SSSR count). The van der Waals surface area contributed by atoms with E-state index >= 15 is 0 Å². The smallest absolute Gasteiger partial charge is 0.317 e. The number of rotatable bonds is 13. The number of fused-ring (bicyclic) bond motifs is 1. The number of hydrogen-bond acceptors (Lipinski definition) is 7. The Morgan fingerprint density at radius 1 is 1.02 bits per heavy atom. The van der Waals surface area contributed by atoms with Crippen molar-refractivity contribution in [3.63, 3.8) is 0 Å². The lowest BCUT2D eigenvalue weighted by molar-refractivity contribution is -0.134. The molecule has 0 unspecified atom stereocenters. The monoisotopic (exact) mass is 678 g/mol. The summed E-state index contributed by atoms with van der Waals surface area (Å²) in [6.45, 7) is 4.30. The van der Waals surface area contributed by atoms with Gasteiger partial charge in [-0.1, -0.05) is 44.7 Å². The summed E-state index contributed by atoms with van der Waals surface area (Å²) >= 11 is 0. The van der Waals surface area contributed by atoms with E-state index in [1.165, 1.54) is 6.42 Å². The molecule has 2 aromatic carbocycles. The second kappa shape index (κ2) is 18.4. The van der Waals surface area contributed by atoms with Crippen LogP contribution in [0.25, 0.3) is 0 Å². The van der Waals surface area contributed by atoms with Crippen molar-refractivity contribution in [3.05, 3.63) is 48.0 Å². The number of benzene rings is 2. The molecule has 2 aromatic rings. The SMILES string of the molecule is C[C@@H]1CN([C@H](C)CO)C(=O)Cc2cc(NC(=O)CCCCCC(=O)Nc3ccccc3N)ccc2O[C@H]1CN(C)C(=O)NC1CCCCC1. The Hall–Kier alpha value is -4.32. The van der Waals surface area contributed by atoms with E-state index in [2.05, 4.69) is 16.0 Å². The fourth-order valence-electron chi connectivity index (χ4n) is 6.40. The highest BCUT2D eigenvalue weighted by Crippen LogP contribution is 2.29. The molecule has 0 bridgehead atoms. The Balaban J connectivity index is 1.35. The molecule has 6 N–H and O–H groups in total. The van der Waals surface area contributed by atoms with Crippen molar-refractivity contribution in [1.29, 1.82) is 0 Å².